The second-order valence-electron chi connectivity index (χ2n) is 6.67. The fourth-order valence-corrected chi connectivity index (χ4v) is 3.46. The summed E-state index contributed by atoms with van der Waals surface area (Å²) in [6.07, 6.45) is 4.95. The molecule has 0 radical (unpaired) electrons. The molecule has 4 rings (SSSR count). The highest BCUT2D eigenvalue weighted by Crippen LogP contribution is 2.29. The molecule has 2 aromatic carbocycles. The predicted octanol–water partition coefficient (Wildman–Crippen LogP) is 4.84. The van der Waals surface area contributed by atoms with E-state index in [9.17, 15) is 9.18 Å². The highest BCUT2D eigenvalue weighted by molar-refractivity contribution is 5.94. The lowest BCUT2D eigenvalue weighted by molar-refractivity contribution is 0.217. The monoisotopic (exact) mass is 379 g/mol. The van der Waals surface area contributed by atoms with Gasteiger partial charge in [-0.2, -0.15) is 0 Å². The molecule has 0 aliphatic carbocycles. The van der Waals surface area contributed by atoms with Crippen LogP contribution in [0.5, 0.6) is 5.75 Å². The van der Waals surface area contributed by atoms with Crippen LogP contribution >= 0.6 is 0 Å². The van der Waals surface area contributed by atoms with Crippen LogP contribution in [0, 0.1) is 0 Å². The van der Waals surface area contributed by atoms with E-state index in [-0.39, 0.29) is 12.6 Å². The number of urea groups is 1. The average Bonchev–Trinajstić information content (AvgIpc) is 3.17. The number of benzene rings is 2. The molecule has 0 unspecified atom stereocenters. The van der Waals surface area contributed by atoms with Gasteiger partial charge in [0.25, 0.3) is 0 Å². The van der Waals surface area contributed by atoms with Crippen LogP contribution in [0.3, 0.4) is 0 Å². The maximum Gasteiger partial charge on any atom is 0.322 e. The fraction of sp³-hybridized carbons (Fsp3) is 0.227. The molecular weight excluding hydrogens is 357 g/mol. The van der Waals surface area contributed by atoms with E-state index >= 15 is 0 Å². The van der Waals surface area contributed by atoms with Crippen molar-refractivity contribution in [1.82, 2.24) is 9.88 Å². The summed E-state index contributed by atoms with van der Waals surface area (Å²) in [6.45, 7) is 0.661. The molecule has 0 spiro atoms. The summed E-state index contributed by atoms with van der Waals surface area (Å²) in [7, 11) is 0. The molecule has 0 saturated carbocycles. The van der Waals surface area contributed by atoms with Gasteiger partial charge >= 0.3 is 6.03 Å². The normalized spacial score (nSPS) is 14.0. The van der Waals surface area contributed by atoms with Crippen molar-refractivity contribution in [2.75, 3.05) is 31.7 Å². The van der Waals surface area contributed by atoms with Gasteiger partial charge in [0.2, 0.25) is 0 Å². The van der Waals surface area contributed by atoms with Gasteiger partial charge in [-0.25, -0.2) is 9.18 Å². The number of alkyl halides is 1. The van der Waals surface area contributed by atoms with Crippen LogP contribution in [0.25, 0.3) is 16.5 Å². The number of nitrogens with zero attached hydrogens (tertiary/aromatic N) is 1. The number of halogens is 1. The highest BCUT2D eigenvalue weighted by atomic mass is 19.1. The van der Waals surface area contributed by atoms with E-state index in [0.717, 1.165) is 11.9 Å². The summed E-state index contributed by atoms with van der Waals surface area (Å²) in [5, 5.41) is 4.09. The minimum atomic E-state index is -0.546. The average molecular weight is 379 g/mol. The van der Waals surface area contributed by atoms with Crippen molar-refractivity contribution in [3.8, 4) is 5.75 Å². The Balaban J connectivity index is 1.41. The Bertz CT molecular complexity index is 1010. The van der Waals surface area contributed by atoms with E-state index in [2.05, 4.69) is 28.5 Å². The zero-order valence-corrected chi connectivity index (χ0v) is 15.5. The van der Waals surface area contributed by atoms with Gasteiger partial charge in [-0.1, -0.05) is 30.3 Å². The standard InChI is InChI=1S/C22H22FN3O2/c23-10-13-28-18-5-3-4-17(14-18)25-22(27)26-11-8-16(9-12-26)20-15-24-21-7-2-1-6-19(20)21/h1-8,14-15,24H,9-13H2,(H,25,27). The van der Waals surface area contributed by atoms with Crippen LogP contribution in [0.1, 0.15) is 12.0 Å². The topological polar surface area (TPSA) is 57.4 Å². The summed E-state index contributed by atoms with van der Waals surface area (Å²) in [5.74, 6) is 0.538. The van der Waals surface area contributed by atoms with E-state index in [1.54, 1.807) is 29.2 Å². The number of nitrogens with one attached hydrogen (secondary N) is 2. The Morgan fingerprint density at radius 3 is 2.93 bits per heavy atom. The summed E-state index contributed by atoms with van der Waals surface area (Å²) < 4.78 is 17.5. The number of carbonyl (C=O) groups is 1. The number of anilines is 1. The second kappa shape index (κ2) is 8.17. The minimum absolute atomic E-state index is 0.00489. The zero-order valence-electron chi connectivity index (χ0n) is 15.5. The van der Waals surface area contributed by atoms with Gasteiger partial charge in [-0.05, 0) is 30.2 Å². The molecule has 6 heteroatoms. The van der Waals surface area contributed by atoms with Gasteiger partial charge in [0, 0.05) is 47.5 Å². The van der Waals surface area contributed by atoms with Crippen LogP contribution in [-0.2, 0) is 0 Å². The van der Waals surface area contributed by atoms with Crippen molar-refractivity contribution in [1.29, 1.82) is 0 Å². The number of hydrogen-bond acceptors (Lipinski definition) is 2. The minimum Gasteiger partial charge on any atom is -0.491 e. The summed E-state index contributed by atoms with van der Waals surface area (Å²) in [6, 6.07) is 15.1. The Labute approximate surface area is 162 Å². The summed E-state index contributed by atoms with van der Waals surface area (Å²) in [4.78, 5) is 17.7. The number of amides is 2. The summed E-state index contributed by atoms with van der Waals surface area (Å²) >= 11 is 0. The third kappa shape index (κ3) is 3.86. The first-order valence-corrected chi connectivity index (χ1v) is 9.35. The van der Waals surface area contributed by atoms with Gasteiger partial charge in [0.1, 0.15) is 19.0 Å². The molecule has 0 atom stereocenters. The Morgan fingerprint density at radius 1 is 1.21 bits per heavy atom. The molecule has 2 amide bonds. The molecule has 3 aromatic rings. The van der Waals surface area contributed by atoms with E-state index in [1.807, 2.05) is 18.3 Å². The van der Waals surface area contributed by atoms with Crippen molar-refractivity contribution in [3.63, 3.8) is 0 Å². The van der Waals surface area contributed by atoms with Crippen LogP contribution in [0.4, 0.5) is 14.9 Å². The maximum absolute atomic E-state index is 12.6. The molecule has 1 aliphatic heterocycles. The number of rotatable bonds is 5. The van der Waals surface area contributed by atoms with Gasteiger partial charge in [-0.15, -0.1) is 0 Å². The van der Waals surface area contributed by atoms with Gasteiger partial charge < -0.3 is 19.9 Å². The van der Waals surface area contributed by atoms with Crippen LogP contribution in [0.15, 0.2) is 60.8 Å². The quantitative estimate of drug-likeness (QED) is 0.667. The molecule has 0 fully saturated rings. The SMILES string of the molecule is O=C(Nc1cccc(OCCF)c1)N1CC=C(c2c[nH]c3ccccc23)CC1. The Morgan fingerprint density at radius 2 is 2.11 bits per heavy atom. The van der Waals surface area contributed by atoms with Crippen LogP contribution < -0.4 is 10.1 Å². The van der Waals surface area contributed by atoms with Gasteiger partial charge in [-0.3, -0.25) is 0 Å². The fourth-order valence-electron chi connectivity index (χ4n) is 3.46. The lowest BCUT2D eigenvalue weighted by atomic mass is 9.99. The molecule has 1 aromatic heterocycles. The highest BCUT2D eigenvalue weighted by Gasteiger charge is 2.19. The number of aromatic amines is 1. The number of H-pyrrole nitrogens is 1. The lowest BCUT2D eigenvalue weighted by Crippen LogP contribution is -2.37. The number of ether oxygens (including phenoxy) is 1. The number of hydrogen-bond donors (Lipinski definition) is 2. The Kier molecular flexibility index (Phi) is 5.28. The van der Waals surface area contributed by atoms with E-state index in [4.69, 9.17) is 4.74 Å². The van der Waals surface area contributed by atoms with Gasteiger partial charge in [0.05, 0.1) is 0 Å². The van der Waals surface area contributed by atoms with Crippen molar-refractivity contribution in [2.45, 2.75) is 6.42 Å². The van der Waals surface area contributed by atoms with Gasteiger partial charge in [0.15, 0.2) is 0 Å². The van der Waals surface area contributed by atoms with Crippen molar-refractivity contribution in [2.24, 2.45) is 0 Å². The first-order valence-electron chi connectivity index (χ1n) is 9.35. The predicted molar refractivity (Wildman–Crippen MR) is 109 cm³/mol. The molecule has 5 nitrogen and oxygen atoms in total. The molecule has 28 heavy (non-hydrogen) atoms. The van der Waals surface area contributed by atoms with Crippen molar-refractivity contribution < 1.29 is 13.9 Å². The first kappa shape index (κ1) is 18.1. The summed E-state index contributed by atoms with van der Waals surface area (Å²) in [5.41, 5.74) is 4.21. The van der Waals surface area contributed by atoms with Crippen molar-refractivity contribution in [3.05, 3.63) is 66.4 Å². The maximum atomic E-state index is 12.6. The van der Waals surface area contributed by atoms with Crippen LogP contribution in [0.2, 0.25) is 0 Å². The zero-order chi connectivity index (χ0) is 19.3. The third-order valence-electron chi connectivity index (χ3n) is 4.86. The Hall–Kier alpha value is -3.28. The molecule has 1 aliphatic rings. The first-order chi connectivity index (χ1) is 13.7. The number of aromatic nitrogens is 1. The molecule has 0 bridgehead atoms. The molecular formula is C22H22FN3O2. The number of para-hydroxylation sites is 1. The molecule has 2 heterocycles. The molecule has 2 N–H and O–H groups in total. The molecule has 0 saturated heterocycles. The number of carbonyl (C=O) groups excluding carboxylic acids is 1. The molecule has 144 valence electrons. The number of fused-ring (bicyclic) bond motifs is 1. The van der Waals surface area contributed by atoms with E-state index in [1.165, 1.54) is 16.5 Å². The van der Waals surface area contributed by atoms with E-state index < -0.39 is 6.67 Å². The largest absolute Gasteiger partial charge is 0.491 e. The lowest BCUT2D eigenvalue weighted by Gasteiger charge is -2.26. The van der Waals surface area contributed by atoms with Crippen molar-refractivity contribution >= 4 is 28.2 Å². The third-order valence-corrected chi connectivity index (χ3v) is 4.86. The van der Waals surface area contributed by atoms with Crippen LogP contribution in [-0.4, -0.2) is 42.3 Å². The second-order valence-corrected chi connectivity index (χ2v) is 6.67. The van der Waals surface area contributed by atoms with E-state index in [0.29, 0.717) is 24.5 Å². The smallest absolute Gasteiger partial charge is 0.322 e.